The molecule has 0 radical (unpaired) electrons. The molecule has 2 nitrogen and oxygen atoms in total. The lowest BCUT2D eigenvalue weighted by molar-refractivity contribution is 0.628. The van der Waals surface area contributed by atoms with Crippen molar-refractivity contribution >= 4 is 38.9 Å². The van der Waals surface area contributed by atoms with Gasteiger partial charge in [-0.05, 0) is 83.9 Å². The highest BCUT2D eigenvalue weighted by Crippen LogP contribution is 2.48. The summed E-state index contributed by atoms with van der Waals surface area (Å²) in [6.07, 6.45) is 0. The standard InChI is InChI=1S/C33H24F2N2/c1-33(2)28-7-3-4-9-31(28)37-30-19-18-25(20-27(30)26-6-5-8-29(33)32(26)37)36(23-14-10-21(34)11-15-23)24-16-12-22(35)13-17-24/h3-20H,1-2H3. The largest absolute Gasteiger partial charge is 0.310 e. The van der Waals surface area contributed by atoms with Crippen LogP contribution in [0.1, 0.15) is 25.0 Å². The van der Waals surface area contributed by atoms with Crippen LogP contribution in [0.2, 0.25) is 0 Å². The molecule has 1 aliphatic heterocycles. The summed E-state index contributed by atoms with van der Waals surface area (Å²) < 4.78 is 30.0. The van der Waals surface area contributed by atoms with Crippen molar-refractivity contribution in [2.45, 2.75) is 19.3 Å². The highest BCUT2D eigenvalue weighted by molar-refractivity contribution is 6.12. The fourth-order valence-electron chi connectivity index (χ4n) is 5.92. The molecule has 2 heterocycles. The lowest BCUT2D eigenvalue weighted by Gasteiger charge is -2.34. The first kappa shape index (κ1) is 21.8. The molecule has 0 spiro atoms. The van der Waals surface area contributed by atoms with Gasteiger partial charge in [0.25, 0.3) is 0 Å². The number of hydrogen-bond acceptors (Lipinski definition) is 1. The van der Waals surface area contributed by atoms with Crippen LogP contribution in [-0.4, -0.2) is 4.57 Å². The molecule has 0 aliphatic carbocycles. The fourth-order valence-corrected chi connectivity index (χ4v) is 5.92. The molecule has 1 aromatic heterocycles. The van der Waals surface area contributed by atoms with Gasteiger partial charge in [-0.1, -0.05) is 50.2 Å². The Bertz CT molecular complexity index is 1770. The average molecular weight is 487 g/mol. The van der Waals surface area contributed by atoms with Crippen molar-refractivity contribution in [3.8, 4) is 5.69 Å². The van der Waals surface area contributed by atoms with Crippen LogP contribution in [0.15, 0.2) is 109 Å². The van der Waals surface area contributed by atoms with Crippen LogP contribution in [-0.2, 0) is 5.41 Å². The van der Waals surface area contributed by atoms with Crippen LogP contribution < -0.4 is 4.90 Å². The van der Waals surface area contributed by atoms with Crippen molar-refractivity contribution in [1.82, 2.24) is 4.57 Å². The third-order valence-electron chi connectivity index (χ3n) is 7.69. The van der Waals surface area contributed by atoms with Gasteiger partial charge in [0.2, 0.25) is 0 Å². The van der Waals surface area contributed by atoms with Gasteiger partial charge >= 0.3 is 0 Å². The molecular weight excluding hydrogens is 462 g/mol. The second-order valence-electron chi connectivity index (χ2n) is 10.2. The minimum absolute atomic E-state index is 0.127. The lowest BCUT2D eigenvalue weighted by atomic mass is 9.75. The Hall–Kier alpha value is -4.44. The molecule has 37 heavy (non-hydrogen) atoms. The molecule has 0 unspecified atom stereocenters. The molecule has 0 saturated heterocycles. The summed E-state index contributed by atoms with van der Waals surface area (Å²) in [4.78, 5) is 2.03. The van der Waals surface area contributed by atoms with Gasteiger partial charge in [0.15, 0.2) is 0 Å². The Labute approximate surface area is 214 Å². The number of para-hydroxylation sites is 2. The number of nitrogens with zero attached hydrogens (tertiary/aromatic N) is 2. The Balaban J connectivity index is 1.52. The number of rotatable bonds is 3. The maximum atomic E-state index is 13.8. The molecule has 0 atom stereocenters. The van der Waals surface area contributed by atoms with E-state index in [1.807, 2.05) is 4.90 Å². The van der Waals surface area contributed by atoms with E-state index in [0.717, 1.165) is 28.0 Å². The van der Waals surface area contributed by atoms with E-state index in [1.165, 1.54) is 52.0 Å². The van der Waals surface area contributed by atoms with E-state index in [1.54, 1.807) is 24.3 Å². The van der Waals surface area contributed by atoms with E-state index in [4.69, 9.17) is 0 Å². The quantitative estimate of drug-likeness (QED) is 0.242. The van der Waals surface area contributed by atoms with E-state index in [0.29, 0.717) is 0 Å². The van der Waals surface area contributed by atoms with Gasteiger partial charge in [-0.2, -0.15) is 0 Å². The molecular formula is C33H24F2N2. The molecule has 0 N–H and O–H groups in total. The van der Waals surface area contributed by atoms with E-state index < -0.39 is 0 Å². The first-order valence-electron chi connectivity index (χ1n) is 12.4. The second kappa shape index (κ2) is 7.78. The van der Waals surface area contributed by atoms with Gasteiger partial charge in [0.05, 0.1) is 16.7 Å². The molecule has 5 aromatic carbocycles. The molecule has 180 valence electrons. The summed E-state index contributed by atoms with van der Waals surface area (Å²) in [5.74, 6) is -0.595. The van der Waals surface area contributed by atoms with Gasteiger partial charge < -0.3 is 9.47 Å². The van der Waals surface area contributed by atoms with Crippen LogP contribution in [0.5, 0.6) is 0 Å². The monoisotopic (exact) mass is 486 g/mol. The number of benzene rings is 5. The molecule has 7 rings (SSSR count). The van der Waals surface area contributed by atoms with E-state index in [2.05, 4.69) is 79.1 Å². The van der Waals surface area contributed by atoms with Gasteiger partial charge in [-0.25, -0.2) is 8.78 Å². The van der Waals surface area contributed by atoms with Crippen molar-refractivity contribution < 1.29 is 8.78 Å². The van der Waals surface area contributed by atoms with Crippen LogP contribution in [0.25, 0.3) is 27.5 Å². The number of aromatic nitrogens is 1. The zero-order chi connectivity index (χ0) is 25.3. The normalized spacial score (nSPS) is 13.6. The molecule has 0 saturated carbocycles. The fraction of sp³-hybridized carbons (Fsp3) is 0.0909. The van der Waals surface area contributed by atoms with Crippen molar-refractivity contribution in [2.24, 2.45) is 0 Å². The van der Waals surface area contributed by atoms with Crippen LogP contribution in [0, 0.1) is 11.6 Å². The third-order valence-corrected chi connectivity index (χ3v) is 7.69. The maximum absolute atomic E-state index is 13.8. The van der Waals surface area contributed by atoms with Gasteiger partial charge in [0, 0.05) is 33.2 Å². The molecule has 0 amide bonds. The number of fused-ring (bicyclic) bond motifs is 5. The van der Waals surface area contributed by atoms with Gasteiger partial charge in [-0.15, -0.1) is 0 Å². The minimum Gasteiger partial charge on any atom is -0.310 e. The smallest absolute Gasteiger partial charge is 0.123 e. The Morgan fingerprint density at radius 2 is 1.19 bits per heavy atom. The van der Waals surface area contributed by atoms with Crippen molar-refractivity contribution in [1.29, 1.82) is 0 Å². The third kappa shape index (κ3) is 3.15. The molecule has 6 aromatic rings. The van der Waals surface area contributed by atoms with E-state index in [-0.39, 0.29) is 17.0 Å². The van der Waals surface area contributed by atoms with Crippen molar-refractivity contribution in [3.63, 3.8) is 0 Å². The van der Waals surface area contributed by atoms with Crippen LogP contribution in [0.3, 0.4) is 0 Å². The number of halogens is 2. The molecule has 0 fully saturated rings. The van der Waals surface area contributed by atoms with Gasteiger partial charge in [-0.3, -0.25) is 0 Å². The summed E-state index contributed by atoms with van der Waals surface area (Å²) in [5, 5.41) is 2.33. The number of hydrogen-bond donors (Lipinski definition) is 0. The minimum atomic E-state index is -0.298. The summed E-state index contributed by atoms with van der Waals surface area (Å²) in [6.45, 7) is 4.58. The highest BCUT2D eigenvalue weighted by Gasteiger charge is 2.34. The SMILES string of the molecule is CC1(C)c2ccccc2-n2c3ccc(N(c4ccc(F)cc4)c4ccc(F)cc4)cc3c3cccc1c32. The first-order chi connectivity index (χ1) is 17.9. The van der Waals surface area contributed by atoms with E-state index >= 15 is 0 Å². The zero-order valence-electron chi connectivity index (χ0n) is 20.5. The zero-order valence-corrected chi connectivity index (χ0v) is 20.5. The Morgan fingerprint density at radius 3 is 1.86 bits per heavy atom. The van der Waals surface area contributed by atoms with Gasteiger partial charge in [0.1, 0.15) is 11.6 Å². The summed E-state index contributed by atoms with van der Waals surface area (Å²) in [5.41, 5.74) is 8.55. The summed E-state index contributed by atoms with van der Waals surface area (Å²) in [7, 11) is 0. The lowest BCUT2D eigenvalue weighted by Crippen LogP contribution is -2.26. The second-order valence-corrected chi connectivity index (χ2v) is 10.2. The molecule has 1 aliphatic rings. The van der Waals surface area contributed by atoms with Crippen LogP contribution >= 0.6 is 0 Å². The predicted octanol–water partition coefficient (Wildman–Crippen LogP) is 9.17. The number of anilines is 3. The summed E-state index contributed by atoms with van der Waals surface area (Å²) in [6, 6.07) is 34.4. The average Bonchev–Trinajstić information content (AvgIpc) is 3.24. The summed E-state index contributed by atoms with van der Waals surface area (Å²) >= 11 is 0. The van der Waals surface area contributed by atoms with E-state index in [9.17, 15) is 8.78 Å². The predicted molar refractivity (Wildman–Crippen MR) is 148 cm³/mol. The molecule has 4 heteroatoms. The van der Waals surface area contributed by atoms with Crippen LogP contribution in [0.4, 0.5) is 25.8 Å². The topological polar surface area (TPSA) is 8.17 Å². The first-order valence-corrected chi connectivity index (χ1v) is 12.4. The Kier molecular flexibility index (Phi) is 4.58. The molecule has 0 bridgehead atoms. The maximum Gasteiger partial charge on any atom is 0.123 e. The highest BCUT2D eigenvalue weighted by atomic mass is 19.1. The van der Waals surface area contributed by atoms with Crippen molar-refractivity contribution in [2.75, 3.05) is 4.90 Å². The van der Waals surface area contributed by atoms with Crippen molar-refractivity contribution in [3.05, 3.63) is 132 Å². The Morgan fingerprint density at radius 1 is 0.595 bits per heavy atom.